The van der Waals surface area contributed by atoms with Gasteiger partial charge < -0.3 is 15.0 Å². The summed E-state index contributed by atoms with van der Waals surface area (Å²) in [4.78, 5) is 27.9. The number of aromatic amines is 1. The van der Waals surface area contributed by atoms with Gasteiger partial charge in [0.15, 0.2) is 5.43 Å². The SMILES string of the molecule is CC1CCN(C(=O)c2c[nH]ccc2=O)CC1O. The smallest absolute Gasteiger partial charge is 0.259 e. The lowest BCUT2D eigenvalue weighted by molar-refractivity contribution is 0.0247. The summed E-state index contributed by atoms with van der Waals surface area (Å²) in [5.74, 6) is -0.106. The Morgan fingerprint density at radius 3 is 3.00 bits per heavy atom. The topological polar surface area (TPSA) is 73.4 Å². The predicted molar refractivity (Wildman–Crippen MR) is 62.8 cm³/mol. The second-order valence-electron chi connectivity index (χ2n) is 4.51. The maximum atomic E-state index is 12.1. The predicted octanol–water partition coefficient (Wildman–Crippen LogP) is 0.218. The lowest BCUT2D eigenvalue weighted by atomic mass is 9.95. The Bertz CT molecular complexity index is 469. The third-order valence-corrected chi connectivity index (χ3v) is 3.26. The van der Waals surface area contributed by atoms with Crippen molar-refractivity contribution in [2.45, 2.75) is 19.4 Å². The van der Waals surface area contributed by atoms with Gasteiger partial charge in [0.05, 0.1) is 6.10 Å². The van der Waals surface area contributed by atoms with Crippen LogP contribution >= 0.6 is 0 Å². The van der Waals surface area contributed by atoms with E-state index in [0.717, 1.165) is 6.42 Å². The molecule has 1 aromatic heterocycles. The van der Waals surface area contributed by atoms with Gasteiger partial charge in [-0.25, -0.2) is 0 Å². The monoisotopic (exact) mass is 236 g/mol. The molecule has 1 fully saturated rings. The standard InChI is InChI=1S/C12H16N2O3/c1-8-3-5-14(7-11(8)16)12(17)9-6-13-4-2-10(9)15/h2,4,6,8,11,16H,3,5,7H2,1H3,(H,13,15). The Balaban J connectivity index is 2.17. The van der Waals surface area contributed by atoms with Crippen LogP contribution in [-0.4, -0.2) is 40.1 Å². The van der Waals surface area contributed by atoms with Crippen LogP contribution in [0.25, 0.3) is 0 Å². The molecule has 0 aliphatic carbocycles. The average Bonchev–Trinajstić information content (AvgIpc) is 2.32. The zero-order valence-electron chi connectivity index (χ0n) is 9.72. The summed E-state index contributed by atoms with van der Waals surface area (Å²) in [7, 11) is 0. The zero-order valence-corrected chi connectivity index (χ0v) is 9.72. The third-order valence-electron chi connectivity index (χ3n) is 3.26. The molecule has 0 saturated carbocycles. The number of carbonyl (C=O) groups excluding carboxylic acids is 1. The molecular formula is C12H16N2O3. The molecule has 0 spiro atoms. The van der Waals surface area contributed by atoms with E-state index < -0.39 is 6.10 Å². The lowest BCUT2D eigenvalue weighted by Gasteiger charge is -2.34. The minimum atomic E-state index is -0.504. The molecule has 5 heteroatoms. The highest BCUT2D eigenvalue weighted by atomic mass is 16.3. The molecule has 2 N–H and O–H groups in total. The van der Waals surface area contributed by atoms with Crippen LogP contribution in [0.3, 0.4) is 0 Å². The largest absolute Gasteiger partial charge is 0.391 e. The van der Waals surface area contributed by atoms with E-state index in [-0.39, 0.29) is 22.8 Å². The van der Waals surface area contributed by atoms with Gasteiger partial charge >= 0.3 is 0 Å². The van der Waals surface area contributed by atoms with Gasteiger partial charge in [-0.2, -0.15) is 0 Å². The van der Waals surface area contributed by atoms with Crippen molar-refractivity contribution in [3.8, 4) is 0 Å². The molecular weight excluding hydrogens is 220 g/mol. The average molecular weight is 236 g/mol. The van der Waals surface area contributed by atoms with Crippen LogP contribution in [0.5, 0.6) is 0 Å². The number of nitrogens with one attached hydrogen (secondary N) is 1. The van der Waals surface area contributed by atoms with Gasteiger partial charge in [0, 0.05) is 31.5 Å². The summed E-state index contributed by atoms with van der Waals surface area (Å²) in [5.41, 5.74) is -0.156. The molecule has 0 radical (unpaired) electrons. The van der Waals surface area contributed by atoms with Crippen molar-refractivity contribution in [2.24, 2.45) is 5.92 Å². The summed E-state index contributed by atoms with van der Waals surface area (Å²) in [5, 5.41) is 9.73. The van der Waals surface area contributed by atoms with Crippen molar-refractivity contribution in [1.82, 2.24) is 9.88 Å². The molecule has 1 aliphatic rings. The minimum Gasteiger partial charge on any atom is -0.391 e. The molecule has 1 saturated heterocycles. The van der Waals surface area contributed by atoms with Gasteiger partial charge in [-0.1, -0.05) is 6.92 Å². The number of piperidine rings is 1. The number of amides is 1. The van der Waals surface area contributed by atoms with Crippen LogP contribution in [0.4, 0.5) is 0 Å². The maximum absolute atomic E-state index is 12.1. The number of likely N-dealkylation sites (tertiary alicyclic amines) is 1. The van der Waals surface area contributed by atoms with Gasteiger partial charge in [-0.05, 0) is 12.3 Å². The van der Waals surface area contributed by atoms with Gasteiger partial charge in [0.1, 0.15) is 5.56 Å². The normalized spacial score (nSPS) is 24.7. The van der Waals surface area contributed by atoms with E-state index in [1.807, 2.05) is 6.92 Å². The number of aliphatic hydroxyl groups is 1. The number of hydrogen-bond acceptors (Lipinski definition) is 3. The second-order valence-corrected chi connectivity index (χ2v) is 4.51. The Kier molecular flexibility index (Phi) is 3.28. The van der Waals surface area contributed by atoms with E-state index in [2.05, 4.69) is 4.98 Å². The fourth-order valence-electron chi connectivity index (χ4n) is 1.99. The van der Waals surface area contributed by atoms with Crippen LogP contribution in [0, 0.1) is 5.92 Å². The quantitative estimate of drug-likeness (QED) is 0.732. The highest BCUT2D eigenvalue weighted by Gasteiger charge is 2.28. The number of aromatic nitrogens is 1. The number of β-amino-alcohol motifs (C(OH)–C–C–N with tert-alkyl or cyclic N) is 1. The molecule has 1 amide bonds. The van der Waals surface area contributed by atoms with Gasteiger partial charge in [0.25, 0.3) is 5.91 Å². The number of carbonyl (C=O) groups is 1. The van der Waals surface area contributed by atoms with Crippen molar-refractivity contribution in [3.63, 3.8) is 0 Å². The molecule has 92 valence electrons. The number of H-pyrrole nitrogens is 1. The van der Waals surface area contributed by atoms with Crippen LogP contribution in [0.2, 0.25) is 0 Å². The third kappa shape index (κ3) is 2.39. The number of pyridine rings is 1. The lowest BCUT2D eigenvalue weighted by Crippen LogP contribution is -2.46. The number of nitrogens with zero attached hydrogens (tertiary/aromatic N) is 1. The first-order chi connectivity index (χ1) is 8.09. The van der Waals surface area contributed by atoms with Gasteiger partial charge in [-0.3, -0.25) is 9.59 Å². The summed E-state index contributed by atoms with van der Waals surface area (Å²) in [6.07, 6.45) is 3.16. The van der Waals surface area contributed by atoms with Crippen LogP contribution in [0.15, 0.2) is 23.3 Å². The van der Waals surface area contributed by atoms with E-state index in [0.29, 0.717) is 13.1 Å². The first kappa shape index (κ1) is 11.9. The first-order valence-electron chi connectivity index (χ1n) is 5.74. The van der Waals surface area contributed by atoms with Crippen LogP contribution < -0.4 is 5.43 Å². The minimum absolute atomic E-state index is 0.134. The van der Waals surface area contributed by atoms with E-state index in [1.54, 1.807) is 0 Å². The van der Waals surface area contributed by atoms with Gasteiger partial charge in [0.2, 0.25) is 0 Å². The fourth-order valence-corrected chi connectivity index (χ4v) is 1.99. The highest BCUT2D eigenvalue weighted by Crippen LogP contribution is 2.17. The molecule has 2 rings (SSSR count). The highest BCUT2D eigenvalue weighted by molar-refractivity contribution is 5.93. The summed E-state index contributed by atoms with van der Waals surface area (Å²) >= 11 is 0. The summed E-state index contributed by atoms with van der Waals surface area (Å²) in [6.45, 7) is 2.85. The Morgan fingerprint density at radius 1 is 1.59 bits per heavy atom. The molecule has 2 heterocycles. The second kappa shape index (κ2) is 4.71. The van der Waals surface area contributed by atoms with E-state index in [1.165, 1.54) is 23.4 Å². The summed E-state index contributed by atoms with van der Waals surface area (Å²) in [6, 6.07) is 1.33. The Morgan fingerprint density at radius 2 is 2.35 bits per heavy atom. The maximum Gasteiger partial charge on any atom is 0.259 e. The van der Waals surface area contributed by atoms with E-state index >= 15 is 0 Å². The van der Waals surface area contributed by atoms with Crippen molar-refractivity contribution in [3.05, 3.63) is 34.2 Å². The van der Waals surface area contributed by atoms with Crippen molar-refractivity contribution in [1.29, 1.82) is 0 Å². The fraction of sp³-hybridized carbons (Fsp3) is 0.500. The van der Waals surface area contributed by atoms with Crippen molar-refractivity contribution < 1.29 is 9.90 Å². The van der Waals surface area contributed by atoms with E-state index in [9.17, 15) is 14.7 Å². The number of aliphatic hydroxyl groups excluding tert-OH is 1. The zero-order chi connectivity index (χ0) is 12.4. The molecule has 2 unspecified atom stereocenters. The van der Waals surface area contributed by atoms with E-state index in [4.69, 9.17) is 0 Å². The summed E-state index contributed by atoms with van der Waals surface area (Å²) < 4.78 is 0. The van der Waals surface area contributed by atoms with Crippen molar-refractivity contribution in [2.75, 3.05) is 13.1 Å². The molecule has 0 aromatic carbocycles. The first-order valence-corrected chi connectivity index (χ1v) is 5.74. The number of rotatable bonds is 1. The molecule has 17 heavy (non-hydrogen) atoms. The molecule has 0 bridgehead atoms. The number of hydrogen-bond donors (Lipinski definition) is 2. The molecule has 1 aromatic rings. The molecule has 2 atom stereocenters. The molecule has 1 aliphatic heterocycles. The Hall–Kier alpha value is -1.62. The molecule has 5 nitrogen and oxygen atoms in total. The van der Waals surface area contributed by atoms with Crippen LogP contribution in [-0.2, 0) is 0 Å². The van der Waals surface area contributed by atoms with Gasteiger partial charge in [-0.15, -0.1) is 0 Å². The van der Waals surface area contributed by atoms with Crippen molar-refractivity contribution >= 4 is 5.91 Å². The Labute approximate surface area is 99.1 Å². The van der Waals surface area contributed by atoms with Crippen LogP contribution in [0.1, 0.15) is 23.7 Å².